The Balaban J connectivity index is 1.65. The average molecular weight is 432 g/mol. The molecule has 0 bridgehead atoms. The quantitative estimate of drug-likeness (QED) is 0.610. The van der Waals surface area contributed by atoms with Gasteiger partial charge in [-0.05, 0) is 62.2 Å². The summed E-state index contributed by atoms with van der Waals surface area (Å²) in [6.07, 6.45) is 1.24. The highest BCUT2D eigenvalue weighted by molar-refractivity contribution is 6.30. The zero-order valence-corrected chi connectivity index (χ0v) is 18.0. The molecule has 1 aliphatic rings. The van der Waals surface area contributed by atoms with Gasteiger partial charge in [-0.2, -0.15) is 0 Å². The molecular formula is C23H26ClNO5. The maximum atomic E-state index is 13.0. The van der Waals surface area contributed by atoms with Crippen LogP contribution in [0, 0.1) is 5.92 Å². The van der Waals surface area contributed by atoms with Crippen molar-refractivity contribution in [2.45, 2.75) is 26.4 Å². The number of rotatable bonds is 7. The number of methoxy groups -OCH3 is 1. The largest absolute Gasteiger partial charge is 0.496 e. The van der Waals surface area contributed by atoms with Gasteiger partial charge in [0.1, 0.15) is 18.1 Å². The van der Waals surface area contributed by atoms with Crippen molar-refractivity contribution in [3.05, 3.63) is 58.6 Å². The van der Waals surface area contributed by atoms with Crippen molar-refractivity contribution in [3.8, 4) is 11.5 Å². The fraction of sp³-hybridized carbons (Fsp3) is 0.391. The second kappa shape index (κ2) is 10.3. The molecule has 0 N–H and O–H groups in total. The van der Waals surface area contributed by atoms with Crippen molar-refractivity contribution in [2.75, 3.05) is 26.8 Å². The van der Waals surface area contributed by atoms with E-state index in [2.05, 4.69) is 0 Å². The number of halogens is 1. The third-order valence-electron chi connectivity index (χ3n) is 5.14. The van der Waals surface area contributed by atoms with E-state index < -0.39 is 0 Å². The Morgan fingerprint density at radius 3 is 2.43 bits per heavy atom. The summed E-state index contributed by atoms with van der Waals surface area (Å²) >= 11 is 5.90. The molecule has 1 fully saturated rings. The van der Waals surface area contributed by atoms with Crippen molar-refractivity contribution in [2.24, 2.45) is 5.92 Å². The van der Waals surface area contributed by atoms with Gasteiger partial charge in [0.05, 0.1) is 19.6 Å². The van der Waals surface area contributed by atoms with Gasteiger partial charge >= 0.3 is 5.97 Å². The second-order valence-electron chi connectivity index (χ2n) is 7.09. The highest BCUT2D eigenvalue weighted by Crippen LogP contribution is 2.25. The van der Waals surface area contributed by atoms with Gasteiger partial charge in [0.2, 0.25) is 0 Å². The monoisotopic (exact) mass is 431 g/mol. The molecule has 0 unspecified atom stereocenters. The summed E-state index contributed by atoms with van der Waals surface area (Å²) in [5, 5.41) is 0.638. The number of carbonyl (C=O) groups is 2. The molecule has 1 amide bonds. The first kappa shape index (κ1) is 22.0. The lowest BCUT2D eigenvalue weighted by molar-refractivity contribution is -0.149. The van der Waals surface area contributed by atoms with Gasteiger partial charge in [-0.15, -0.1) is 0 Å². The molecule has 0 radical (unpaired) electrons. The molecule has 160 valence electrons. The molecule has 1 aliphatic heterocycles. The van der Waals surface area contributed by atoms with Crippen LogP contribution in [0.1, 0.15) is 35.7 Å². The van der Waals surface area contributed by atoms with Crippen LogP contribution in [-0.2, 0) is 16.1 Å². The number of amides is 1. The normalized spacial score (nSPS) is 14.3. The summed E-state index contributed by atoms with van der Waals surface area (Å²) in [5.74, 6) is 0.970. The van der Waals surface area contributed by atoms with Crippen LogP contribution in [0.3, 0.4) is 0 Å². The molecule has 0 aliphatic carbocycles. The van der Waals surface area contributed by atoms with E-state index in [0.29, 0.717) is 54.6 Å². The van der Waals surface area contributed by atoms with E-state index in [1.54, 1.807) is 61.4 Å². The predicted molar refractivity (Wildman–Crippen MR) is 114 cm³/mol. The molecular weight excluding hydrogens is 406 g/mol. The number of likely N-dealkylation sites (tertiary alicyclic amines) is 1. The Hall–Kier alpha value is -2.73. The van der Waals surface area contributed by atoms with Crippen LogP contribution in [0.2, 0.25) is 5.02 Å². The van der Waals surface area contributed by atoms with Gasteiger partial charge in [0, 0.05) is 29.2 Å². The molecule has 3 rings (SSSR count). The van der Waals surface area contributed by atoms with Gasteiger partial charge < -0.3 is 19.1 Å². The number of carbonyl (C=O) groups excluding carboxylic acids is 2. The van der Waals surface area contributed by atoms with Gasteiger partial charge in [-0.25, -0.2) is 0 Å². The maximum absolute atomic E-state index is 13.0. The summed E-state index contributed by atoms with van der Waals surface area (Å²) in [4.78, 5) is 26.7. The number of hydrogen-bond acceptors (Lipinski definition) is 5. The highest BCUT2D eigenvalue weighted by Gasteiger charge is 2.28. The first-order valence-corrected chi connectivity index (χ1v) is 10.4. The van der Waals surface area contributed by atoms with E-state index in [4.69, 9.17) is 25.8 Å². The minimum atomic E-state index is -0.171. The molecule has 2 aromatic rings. The number of nitrogens with zero attached hydrogens (tertiary/aromatic N) is 1. The number of esters is 1. The van der Waals surface area contributed by atoms with Crippen LogP contribution in [0.5, 0.6) is 11.5 Å². The standard InChI is InChI=1S/C23H26ClNO5/c1-3-29-23(27)16-10-12-25(13-11-16)22(26)17-4-9-21(28-2)18(14-17)15-30-20-7-5-19(24)6-8-20/h4-9,14,16H,3,10-13,15H2,1-2H3. The lowest BCUT2D eigenvalue weighted by atomic mass is 9.96. The van der Waals surface area contributed by atoms with Gasteiger partial charge in [-0.3, -0.25) is 9.59 Å². The van der Waals surface area contributed by atoms with Gasteiger partial charge in [-0.1, -0.05) is 11.6 Å². The Kier molecular flexibility index (Phi) is 7.57. The highest BCUT2D eigenvalue weighted by atomic mass is 35.5. The molecule has 0 saturated carbocycles. The third kappa shape index (κ3) is 5.45. The maximum Gasteiger partial charge on any atom is 0.309 e. The fourth-order valence-electron chi connectivity index (χ4n) is 3.48. The van der Waals surface area contributed by atoms with Crippen LogP contribution in [0.25, 0.3) is 0 Å². The van der Waals surface area contributed by atoms with E-state index >= 15 is 0 Å². The topological polar surface area (TPSA) is 65.1 Å². The second-order valence-corrected chi connectivity index (χ2v) is 7.52. The molecule has 1 saturated heterocycles. The van der Waals surface area contributed by atoms with Crippen LogP contribution in [0.15, 0.2) is 42.5 Å². The van der Waals surface area contributed by atoms with Crippen molar-refractivity contribution < 1.29 is 23.8 Å². The Labute approximate surface area is 181 Å². The molecule has 6 nitrogen and oxygen atoms in total. The third-order valence-corrected chi connectivity index (χ3v) is 5.39. The first-order valence-electron chi connectivity index (χ1n) is 10.0. The Morgan fingerprint density at radius 1 is 1.10 bits per heavy atom. The van der Waals surface area contributed by atoms with Gasteiger partial charge in [0.15, 0.2) is 0 Å². The summed E-state index contributed by atoms with van der Waals surface area (Å²) in [6, 6.07) is 12.4. The predicted octanol–water partition coefficient (Wildman–Crippen LogP) is 4.34. The van der Waals surface area contributed by atoms with Crippen molar-refractivity contribution in [1.82, 2.24) is 4.90 Å². The van der Waals surface area contributed by atoms with Crippen molar-refractivity contribution >= 4 is 23.5 Å². The summed E-state index contributed by atoms with van der Waals surface area (Å²) < 4.78 is 16.3. The fourth-order valence-corrected chi connectivity index (χ4v) is 3.60. The minimum Gasteiger partial charge on any atom is -0.496 e. The SMILES string of the molecule is CCOC(=O)C1CCN(C(=O)c2ccc(OC)c(COc3ccc(Cl)cc3)c2)CC1. The van der Waals surface area contributed by atoms with Crippen LogP contribution in [-0.4, -0.2) is 43.6 Å². The van der Waals surface area contributed by atoms with Crippen LogP contribution < -0.4 is 9.47 Å². The summed E-state index contributed by atoms with van der Waals surface area (Å²) in [7, 11) is 1.59. The Bertz CT molecular complexity index is 876. The average Bonchev–Trinajstić information content (AvgIpc) is 2.78. The van der Waals surface area contributed by atoms with Gasteiger partial charge in [0.25, 0.3) is 5.91 Å². The summed E-state index contributed by atoms with van der Waals surface area (Å²) in [6.45, 7) is 3.51. The molecule has 0 aromatic heterocycles. The van der Waals surface area contributed by atoms with E-state index in [1.165, 1.54) is 0 Å². The first-order chi connectivity index (χ1) is 14.5. The lowest BCUT2D eigenvalue weighted by Crippen LogP contribution is -2.40. The van der Waals surface area contributed by atoms with Crippen LogP contribution in [0.4, 0.5) is 0 Å². The van der Waals surface area contributed by atoms with Crippen molar-refractivity contribution in [1.29, 1.82) is 0 Å². The zero-order chi connectivity index (χ0) is 21.5. The summed E-state index contributed by atoms with van der Waals surface area (Å²) in [5.41, 5.74) is 1.35. The van der Waals surface area contributed by atoms with E-state index in [-0.39, 0.29) is 24.4 Å². The lowest BCUT2D eigenvalue weighted by Gasteiger charge is -2.31. The number of hydrogen-bond donors (Lipinski definition) is 0. The van der Waals surface area contributed by atoms with E-state index in [0.717, 1.165) is 5.56 Å². The number of piperidine rings is 1. The van der Waals surface area contributed by atoms with Crippen LogP contribution >= 0.6 is 11.6 Å². The molecule has 7 heteroatoms. The smallest absolute Gasteiger partial charge is 0.309 e. The number of ether oxygens (including phenoxy) is 3. The molecule has 0 spiro atoms. The van der Waals surface area contributed by atoms with E-state index in [9.17, 15) is 9.59 Å². The van der Waals surface area contributed by atoms with Crippen molar-refractivity contribution in [3.63, 3.8) is 0 Å². The Morgan fingerprint density at radius 2 is 1.80 bits per heavy atom. The number of benzene rings is 2. The minimum absolute atomic E-state index is 0.0623. The molecule has 2 aromatic carbocycles. The zero-order valence-electron chi connectivity index (χ0n) is 17.2. The van der Waals surface area contributed by atoms with E-state index in [1.807, 2.05) is 0 Å². The molecule has 1 heterocycles. The molecule has 30 heavy (non-hydrogen) atoms. The molecule has 0 atom stereocenters.